The van der Waals surface area contributed by atoms with E-state index in [1.165, 1.54) is 6.07 Å². The number of methoxy groups -OCH3 is 1. The van der Waals surface area contributed by atoms with Gasteiger partial charge in [0.1, 0.15) is 22.0 Å². The summed E-state index contributed by atoms with van der Waals surface area (Å²) in [6.45, 7) is 0.888. The average molecular weight is 392 g/mol. The minimum Gasteiger partial charge on any atom is -0.383 e. The van der Waals surface area contributed by atoms with Crippen molar-refractivity contribution in [2.24, 2.45) is 0 Å². The number of pyridine rings is 1. The largest absolute Gasteiger partial charge is 0.383 e. The number of imidazole rings is 1. The number of ether oxygens (including phenoxy) is 1. The summed E-state index contributed by atoms with van der Waals surface area (Å²) in [6, 6.07) is 6.86. The molecule has 1 unspecified atom stereocenters. The third kappa shape index (κ3) is 3.03. The first-order valence-corrected chi connectivity index (χ1v) is 8.87. The molecule has 0 amide bonds. The molecule has 134 valence electrons. The number of fused-ring (bicyclic) bond motifs is 2. The van der Waals surface area contributed by atoms with Crippen LogP contribution in [-0.4, -0.2) is 33.2 Å². The topological polar surface area (TPSA) is 67.8 Å². The van der Waals surface area contributed by atoms with Gasteiger partial charge in [0.15, 0.2) is 0 Å². The Morgan fingerprint density at radius 1 is 1.35 bits per heavy atom. The van der Waals surface area contributed by atoms with Crippen molar-refractivity contribution in [3.63, 3.8) is 0 Å². The molecule has 26 heavy (non-hydrogen) atoms. The van der Waals surface area contributed by atoms with E-state index in [9.17, 15) is 4.39 Å². The van der Waals surface area contributed by atoms with Gasteiger partial charge in [-0.05, 0) is 29.6 Å². The quantitative estimate of drug-likeness (QED) is 0.403. The Morgan fingerprint density at radius 3 is 3.00 bits per heavy atom. The van der Waals surface area contributed by atoms with E-state index in [-0.39, 0.29) is 5.82 Å². The SMILES string of the molecule is COCCn1c(Nc2c[nH]c3ccc(Cl)nc23)nc2cc(P)cc(F)c21. The van der Waals surface area contributed by atoms with Crippen LogP contribution in [0.3, 0.4) is 0 Å². The van der Waals surface area contributed by atoms with Crippen LogP contribution >= 0.6 is 20.8 Å². The second kappa shape index (κ2) is 6.83. The van der Waals surface area contributed by atoms with Gasteiger partial charge >= 0.3 is 0 Å². The second-order valence-corrected chi connectivity index (χ2v) is 6.86. The molecule has 0 aliphatic carbocycles. The maximum Gasteiger partial charge on any atom is 0.208 e. The second-order valence-electron chi connectivity index (χ2n) is 5.81. The van der Waals surface area contributed by atoms with Gasteiger partial charge in [-0.3, -0.25) is 0 Å². The van der Waals surface area contributed by atoms with Gasteiger partial charge in [0.25, 0.3) is 0 Å². The zero-order valence-electron chi connectivity index (χ0n) is 13.9. The summed E-state index contributed by atoms with van der Waals surface area (Å²) < 4.78 is 21.5. The summed E-state index contributed by atoms with van der Waals surface area (Å²) in [6.07, 6.45) is 1.78. The summed E-state index contributed by atoms with van der Waals surface area (Å²) >= 11 is 6.01. The van der Waals surface area contributed by atoms with Crippen molar-refractivity contribution >= 4 is 59.8 Å². The van der Waals surface area contributed by atoms with Crippen molar-refractivity contribution in [3.05, 3.63) is 41.4 Å². The Labute approximate surface area is 155 Å². The number of H-pyrrole nitrogens is 1. The fourth-order valence-corrected chi connectivity index (χ4v) is 3.38. The number of halogens is 2. The standard InChI is InChI=1S/C17H16ClFN5OP/c1-25-5-4-24-16-10(19)6-9(26)7-12(16)21-17(24)22-13-8-20-11-2-3-14(18)23-15(11)13/h2-3,6-8,20H,4-5,26H2,1H3,(H,21,22). The van der Waals surface area contributed by atoms with Gasteiger partial charge in [0.05, 0.1) is 23.3 Å². The van der Waals surface area contributed by atoms with E-state index in [0.717, 1.165) is 10.8 Å². The molecule has 4 aromatic rings. The lowest BCUT2D eigenvalue weighted by Gasteiger charge is -2.10. The zero-order valence-corrected chi connectivity index (χ0v) is 15.8. The Hall–Kier alpha value is -2.21. The highest BCUT2D eigenvalue weighted by molar-refractivity contribution is 7.27. The van der Waals surface area contributed by atoms with Crippen LogP contribution in [0.1, 0.15) is 0 Å². The molecule has 4 rings (SSSR count). The van der Waals surface area contributed by atoms with Crippen LogP contribution in [0.25, 0.3) is 22.1 Å². The lowest BCUT2D eigenvalue weighted by Crippen LogP contribution is -2.09. The minimum atomic E-state index is -0.329. The zero-order chi connectivity index (χ0) is 18.3. The maximum atomic E-state index is 14.6. The van der Waals surface area contributed by atoms with Crippen molar-refractivity contribution < 1.29 is 9.13 Å². The molecule has 2 N–H and O–H groups in total. The van der Waals surface area contributed by atoms with Gasteiger partial charge in [0.2, 0.25) is 5.95 Å². The van der Waals surface area contributed by atoms with E-state index < -0.39 is 0 Å². The number of aromatic amines is 1. The molecule has 0 saturated carbocycles. The van der Waals surface area contributed by atoms with E-state index in [4.69, 9.17) is 16.3 Å². The summed E-state index contributed by atoms with van der Waals surface area (Å²) in [7, 11) is 4.10. The number of aromatic nitrogens is 4. The predicted octanol–water partition coefficient (Wildman–Crippen LogP) is 3.60. The van der Waals surface area contributed by atoms with E-state index in [1.807, 2.05) is 12.1 Å². The molecule has 0 bridgehead atoms. The van der Waals surface area contributed by atoms with Crippen LogP contribution in [0.5, 0.6) is 0 Å². The van der Waals surface area contributed by atoms with Gasteiger partial charge in [0, 0.05) is 19.9 Å². The number of hydrogen-bond acceptors (Lipinski definition) is 4. The van der Waals surface area contributed by atoms with Crippen LogP contribution in [0.15, 0.2) is 30.5 Å². The van der Waals surface area contributed by atoms with Crippen LogP contribution < -0.4 is 10.6 Å². The Bertz CT molecular complexity index is 1110. The van der Waals surface area contributed by atoms with E-state index >= 15 is 0 Å². The highest BCUT2D eigenvalue weighted by atomic mass is 35.5. The third-order valence-electron chi connectivity index (χ3n) is 4.07. The number of nitrogens with one attached hydrogen (secondary N) is 2. The summed E-state index contributed by atoms with van der Waals surface area (Å²) in [4.78, 5) is 12.0. The predicted molar refractivity (Wildman–Crippen MR) is 105 cm³/mol. The lowest BCUT2D eigenvalue weighted by atomic mass is 10.3. The van der Waals surface area contributed by atoms with Gasteiger partial charge in [-0.25, -0.2) is 14.4 Å². The van der Waals surface area contributed by atoms with Crippen LogP contribution in [0, 0.1) is 5.82 Å². The molecule has 0 aliphatic rings. The summed E-state index contributed by atoms with van der Waals surface area (Å²) in [5.41, 5.74) is 3.24. The molecule has 1 atom stereocenters. The van der Waals surface area contributed by atoms with Crippen LogP contribution in [0.4, 0.5) is 16.0 Å². The van der Waals surface area contributed by atoms with Crippen molar-refractivity contribution in [1.29, 1.82) is 0 Å². The Balaban J connectivity index is 1.84. The highest BCUT2D eigenvalue weighted by Crippen LogP contribution is 2.29. The molecular formula is C17H16ClFN5OP. The van der Waals surface area contributed by atoms with Crippen molar-refractivity contribution in [2.75, 3.05) is 19.0 Å². The normalized spacial score (nSPS) is 11.5. The third-order valence-corrected chi connectivity index (χ3v) is 4.62. The molecule has 0 saturated heterocycles. The van der Waals surface area contributed by atoms with Crippen molar-refractivity contribution in [1.82, 2.24) is 19.5 Å². The Morgan fingerprint density at radius 2 is 2.19 bits per heavy atom. The van der Waals surface area contributed by atoms with Crippen molar-refractivity contribution in [2.45, 2.75) is 6.54 Å². The van der Waals surface area contributed by atoms with E-state index in [0.29, 0.717) is 46.5 Å². The maximum absolute atomic E-state index is 14.6. The smallest absolute Gasteiger partial charge is 0.208 e. The fraction of sp³-hybridized carbons (Fsp3) is 0.176. The Kier molecular flexibility index (Phi) is 4.53. The molecule has 1 aromatic carbocycles. The first-order valence-electron chi connectivity index (χ1n) is 7.91. The van der Waals surface area contributed by atoms with Gasteiger partial charge in [-0.1, -0.05) is 11.6 Å². The molecule has 0 fully saturated rings. The minimum absolute atomic E-state index is 0.329. The summed E-state index contributed by atoms with van der Waals surface area (Å²) in [5, 5.41) is 4.37. The lowest BCUT2D eigenvalue weighted by molar-refractivity contribution is 0.188. The molecule has 3 heterocycles. The van der Waals surface area contributed by atoms with Gasteiger partial charge in [-0.15, -0.1) is 9.24 Å². The van der Waals surface area contributed by atoms with Crippen molar-refractivity contribution in [3.8, 4) is 0 Å². The fourth-order valence-electron chi connectivity index (χ4n) is 2.92. The molecule has 0 radical (unpaired) electrons. The number of nitrogens with zero attached hydrogens (tertiary/aromatic N) is 3. The average Bonchev–Trinajstić information content (AvgIpc) is 3.14. The first kappa shape index (κ1) is 17.2. The van der Waals surface area contributed by atoms with Crippen LogP contribution in [-0.2, 0) is 11.3 Å². The van der Waals surface area contributed by atoms with Gasteiger partial charge in [-0.2, -0.15) is 0 Å². The van der Waals surface area contributed by atoms with E-state index in [1.54, 1.807) is 23.9 Å². The molecule has 6 nitrogen and oxygen atoms in total. The summed E-state index contributed by atoms with van der Waals surface area (Å²) in [5.74, 6) is 0.179. The number of anilines is 2. The molecule has 0 aliphatic heterocycles. The van der Waals surface area contributed by atoms with Crippen LogP contribution in [0.2, 0.25) is 5.15 Å². The molecular weight excluding hydrogens is 376 g/mol. The van der Waals surface area contributed by atoms with Gasteiger partial charge < -0.3 is 19.6 Å². The molecule has 0 spiro atoms. The number of hydrogen-bond donors (Lipinski definition) is 2. The number of rotatable bonds is 5. The number of benzene rings is 1. The monoisotopic (exact) mass is 391 g/mol. The molecule has 9 heteroatoms. The van der Waals surface area contributed by atoms with E-state index in [2.05, 4.69) is 29.5 Å². The molecule has 3 aromatic heterocycles. The first-order chi connectivity index (χ1) is 12.6. The highest BCUT2D eigenvalue weighted by Gasteiger charge is 2.17.